The molecular formula is C23H24F2N2O5. The SMILES string of the molecule is COc1cc(C(=O)C(=O)NC2CCCCC2)ccc1OCC(=O)Nc1ccc(F)cc1F. The third kappa shape index (κ3) is 6.03. The van der Waals surface area contributed by atoms with E-state index in [4.69, 9.17) is 9.47 Å². The summed E-state index contributed by atoms with van der Waals surface area (Å²) in [5.41, 5.74) is -0.0581. The summed E-state index contributed by atoms with van der Waals surface area (Å²) in [5, 5.41) is 5.05. The first-order valence-corrected chi connectivity index (χ1v) is 10.3. The number of rotatable bonds is 8. The van der Waals surface area contributed by atoms with Crippen molar-refractivity contribution in [2.24, 2.45) is 0 Å². The van der Waals surface area contributed by atoms with Crippen LogP contribution in [0.3, 0.4) is 0 Å². The number of nitrogens with one attached hydrogen (secondary N) is 2. The second-order valence-corrected chi connectivity index (χ2v) is 7.46. The fourth-order valence-electron chi connectivity index (χ4n) is 3.48. The first-order valence-electron chi connectivity index (χ1n) is 10.3. The van der Waals surface area contributed by atoms with Crippen LogP contribution in [-0.2, 0) is 9.59 Å². The monoisotopic (exact) mass is 446 g/mol. The van der Waals surface area contributed by atoms with Gasteiger partial charge in [-0.05, 0) is 43.2 Å². The molecule has 9 heteroatoms. The minimum absolute atomic E-state index is 0.00848. The summed E-state index contributed by atoms with van der Waals surface area (Å²) < 4.78 is 37.2. The van der Waals surface area contributed by atoms with Gasteiger partial charge in [0.25, 0.3) is 11.8 Å². The van der Waals surface area contributed by atoms with Crippen LogP contribution in [0.4, 0.5) is 14.5 Å². The van der Waals surface area contributed by atoms with Crippen molar-refractivity contribution in [1.82, 2.24) is 5.32 Å². The number of carbonyl (C=O) groups is 3. The second kappa shape index (κ2) is 10.7. The van der Waals surface area contributed by atoms with Crippen molar-refractivity contribution in [3.8, 4) is 11.5 Å². The molecule has 32 heavy (non-hydrogen) atoms. The zero-order valence-corrected chi connectivity index (χ0v) is 17.6. The lowest BCUT2D eigenvalue weighted by molar-refractivity contribution is -0.118. The van der Waals surface area contributed by atoms with Crippen LogP contribution in [0.1, 0.15) is 42.5 Å². The van der Waals surface area contributed by atoms with Crippen LogP contribution >= 0.6 is 0 Å². The van der Waals surface area contributed by atoms with Crippen molar-refractivity contribution < 1.29 is 32.6 Å². The molecule has 170 valence electrons. The fourth-order valence-corrected chi connectivity index (χ4v) is 3.48. The van der Waals surface area contributed by atoms with Crippen LogP contribution in [0.15, 0.2) is 36.4 Å². The zero-order valence-electron chi connectivity index (χ0n) is 17.6. The van der Waals surface area contributed by atoms with Crippen molar-refractivity contribution in [2.45, 2.75) is 38.1 Å². The predicted molar refractivity (Wildman–Crippen MR) is 113 cm³/mol. The van der Waals surface area contributed by atoms with E-state index in [1.54, 1.807) is 0 Å². The molecule has 1 saturated carbocycles. The predicted octanol–water partition coefficient (Wildman–Crippen LogP) is 3.62. The van der Waals surface area contributed by atoms with Gasteiger partial charge in [-0.15, -0.1) is 0 Å². The van der Waals surface area contributed by atoms with E-state index < -0.39 is 35.8 Å². The van der Waals surface area contributed by atoms with Gasteiger partial charge in [0.15, 0.2) is 18.1 Å². The van der Waals surface area contributed by atoms with Crippen molar-refractivity contribution in [3.05, 3.63) is 53.6 Å². The number of benzene rings is 2. The van der Waals surface area contributed by atoms with E-state index in [-0.39, 0.29) is 28.8 Å². The van der Waals surface area contributed by atoms with E-state index in [1.807, 2.05) is 0 Å². The number of ether oxygens (including phenoxy) is 2. The molecule has 0 spiro atoms. The first-order chi connectivity index (χ1) is 15.4. The lowest BCUT2D eigenvalue weighted by Crippen LogP contribution is -2.40. The molecular weight excluding hydrogens is 422 g/mol. The number of hydrogen-bond donors (Lipinski definition) is 2. The van der Waals surface area contributed by atoms with E-state index in [9.17, 15) is 23.2 Å². The Bertz CT molecular complexity index is 1010. The minimum atomic E-state index is -0.912. The van der Waals surface area contributed by atoms with Crippen LogP contribution in [0, 0.1) is 11.6 Å². The second-order valence-electron chi connectivity index (χ2n) is 7.46. The van der Waals surface area contributed by atoms with Crippen molar-refractivity contribution in [1.29, 1.82) is 0 Å². The van der Waals surface area contributed by atoms with Crippen LogP contribution in [0.5, 0.6) is 11.5 Å². The molecule has 1 aliphatic carbocycles. The number of methoxy groups -OCH3 is 1. The third-order valence-electron chi connectivity index (χ3n) is 5.14. The van der Waals surface area contributed by atoms with Gasteiger partial charge in [0.2, 0.25) is 5.78 Å². The quantitative estimate of drug-likeness (QED) is 0.477. The molecule has 2 amide bonds. The molecule has 0 radical (unpaired) electrons. The van der Waals surface area contributed by atoms with Gasteiger partial charge in [0.1, 0.15) is 11.6 Å². The number of amides is 2. The summed E-state index contributed by atoms with van der Waals surface area (Å²) in [5.74, 6) is -3.40. The summed E-state index contributed by atoms with van der Waals surface area (Å²) in [4.78, 5) is 36.8. The zero-order chi connectivity index (χ0) is 23.1. The summed E-state index contributed by atoms with van der Waals surface area (Å²) in [6.45, 7) is -0.483. The van der Waals surface area contributed by atoms with Gasteiger partial charge in [0, 0.05) is 17.7 Å². The molecule has 0 atom stereocenters. The lowest BCUT2D eigenvalue weighted by atomic mass is 9.95. The molecule has 2 aromatic carbocycles. The van der Waals surface area contributed by atoms with Gasteiger partial charge >= 0.3 is 0 Å². The number of ketones is 1. The Morgan fingerprint density at radius 2 is 1.75 bits per heavy atom. The van der Waals surface area contributed by atoms with E-state index in [1.165, 1.54) is 25.3 Å². The van der Waals surface area contributed by atoms with Crippen molar-refractivity contribution in [3.63, 3.8) is 0 Å². The molecule has 0 aliphatic heterocycles. The van der Waals surface area contributed by atoms with Gasteiger partial charge in [-0.25, -0.2) is 8.78 Å². The highest BCUT2D eigenvalue weighted by Crippen LogP contribution is 2.28. The molecule has 0 heterocycles. The molecule has 7 nitrogen and oxygen atoms in total. The molecule has 0 bridgehead atoms. The summed E-state index contributed by atoms with van der Waals surface area (Å²) in [6.07, 6.45) is 4.91. The van der Waals surface area contributed by atoms with E-state index >= 15 is 0 Å². The van der Waals surface area contributed by atoms with E-state index in [0.717, 1.165) is 44.2 Å². The lowest BCUT2D eigenvalue weighted by Gasteiger charge is -2.22. The molecule has 2 N–H and O–H groups in total. The Hall–Kier alpha value is -3.49. The smallest absolute Gasteiger partial charge is 0.292 e. The Morgan fingerprint density at radius 1 is 1.00 bits per heavy atom. The molecule has 1 fully saturated rings. The Balaban J connectivity index is 1.60. The largest absolute Gasteiger partial charge is 0.493 e. The highest BCUT2D eigenvalue weighted by atomic mass is 19.1. The van der Waals surface area contributed by atoms with Gasteiger partial charge < -0.3 is 20.1 Å². The topological polar surface area (TPSA) is 93.7 Å². The molecule has 0 saturated heterocycles. The highest BCUT2D eigenvalue weighted by molar-refractivity contribution is 6.42. The van der Waals surface area contributed by atoms with E-state index in [2.05, 4.69) is 10.6 Å². The molecule has 1 aliphatic rings. The average Bonchev–Trinajstić information content (AvgIpc) is 2.79. The molecule has 2 aromatic rings. The molecule has 0 unspecified atom stereocenters. The Labute approximate surface area is 184 Å². The Morgan fingerprint density at radius 3 is 2.44 bits per heavy atom. The number of carbonyl (C=O) groups excluding carboxylic acids is 3. The maximum atomic E-state index is 13.6. The standard InChI is InChI=1S/C23H24F2N2O5/c1-31-20-11-14(22(29)23(30)26-16-5-3-2-4-6-16)7-10-19(20)32-13-21(28)27-18-9-8-15(24)12-17(18)25/h7-12,16H,2-6,13H2,1H3,(H,26,30)(H,27,28). The van der Waals surface area contributed by atoms with Crippen LogP contribution in [-0.4, -0.2) is 37.4 Å². The van der Waals surface area contributed by atoms with Crippen molar-refractivity contribution >= 4 is 23.3 Å². The highest BCUT2D eigenvalue weighted by Gasteiger charge is 2.23. The van der Waals surface area contributed by atoms with Crippen LogP contribution < -0.4 is 20.1 Å². The van der Waals surface area contributed by atoms with Gasteiger partial charge in [0.05, 0.1) is 12.8 Å². The van der Waals surface area contributed by atoms with Crippen molar-refractivity contribution in [2.75, 3.05) is 19.0 Å². The number of anilines is 1. The average molecular weight is 446 g/mol. The summed E-state index contributed by atoms with van der Waals surface area (Å²) in [6, 6.07) is 6.94. The maximum Gasteiger partial charge on any atom is 0.292 e. The normalized spacial score (nSPS) is 13.8. The number of hydrogen-bond acceptors (Lipinski definition) is 5. The summed E-state index contributed by atoms with van der Waals surface area (Å²) in [7, 11) is 1.35. The molecule has 0 aromatic heterocycles. The van der Waals surface area contributed by atoms with Gasteiger partial charge in [-0.1, -0.05) is 19.3 Å². The Kier molecular flexibility index (Phi) is 7.75. The summed E-state index contributed by atoms with van der Waals surface area (Å²) >= 11 is 0. The van der Waals surface area contributed by atoms with Crippen LogP contribution in [0.25, 0.3) is 0 Å². The van der Waals surface area contributed by atoms with Crippen LogP contribution in [0.2, 0.25) is 0 Å². The fraction of sp³-hybridized carbons (Fsp3) is 0.348. The number of halogens is 2. The van der Waals surface area contributed by atoms with E-state index in [0.29, 0.717) is 6.07 Å². The maximum absolute atomic E-state index is 13.6. The molecule has 3 rings (SSSR count). The third-order valence-corrected chi connectivity index (χ3v) is 5.14. The van der Waals surface area contributed by atoms with Gasteiger partial charge in [-0.3, -0.25) is 14.4 Å². The van der Waals surface area contributed by atoms with Gasteiger partial charge in [-0.2, -0.15) is 0 Å². The number of Topliss-reactive ketones (excluding diaryl/α,β-unsaturated/α-hetero) is 1. The first kappa shape index (κ1) is 23.2. The minimum Gasteiger partial charge on any atom is -0.493 e.